The molecule has 0 saturated carbocycles. The van der Waals surface area contributed by atoms with Crippen molar-refractivity contribution in [1.29, 1.82) is 0 Å². The van der Waals surface area contributed by atoms with Crippen molar-refractivity contribution < 1.29 is 28.5 Å². The monoisotopic (exact) mass is 489 g/mol. The fourth-order valence-electron chi connectivity index (χ4n) is 5.26. The Morgan fingerprint density at radius 3 is 2.49 bits per heavy atom. The van der Waals surface area contributed by atoms with Crippen molar-refractivity contribution in [2.75, 3.05) is 0 Å². The van der Waals surface area contributed by atoms with Gasteiger partial charge in [0.25, 0.3) is 0 Å². The van der Waals surface area contributed by atoms with Crippen LogP contribution in [0.25, 0.3) is 0 Å². The van der Waals surface area contributed by atoms with E-state index in [4.69, 9.17) is 18.9 Å². The number of ether oxygens (including phenoxy) is 4. The lowest BCUT2D eigenvalue weighted by Gasteiger charge is -2.39. The van der Waals surface area contributed by atoms with Crippen molar-refractivity contribution in [3.05, 3.63) is 36.0 Å². The molecule has 0 aromatic heterocycles. The molecule has 1 N–H and O–H groups in total. The van der Waals surface area contributed by atoms with Gasteiger partial charge in [-0.15, -0.1) is 0 Å². The van der Waals surface area contributed by atoms with Crippen LogP contribution in [0.1, 0.15) is 74.1 Å². The number of esters is 1. The van der Waals surface area contributed by atoms with Gasteiger partial charge in [-0.2, -0.15) is 0 Å². The number of hydrogen-bond donors (Lipinski definition) is 1. The van der Waals surface area contributed by atoms with Crippen LogP contribution in [0, 0.1) is 5.92 Å². The summed E-state index contributed by atoms with van der Waals surface area (Å²) in [4.78, 5) is 23.3. The first-order valence-corrected chi connectivity index (χ1v) is 13.0. The molecule has 196 valence electrons. The van der Waals surface area contributed by atoms with Crippen LogP contribution >= 0.6 is 0 Å². The summed E-state index contributed by atoms with van der Waals surface area (Å²) in [5.74, 6) is -0.267. The molecule has 0 aromatic carbocycles. The van der Waals surface area contributed by atoms with Crippen LogP contribution in [-0.4, -0.2) is 60.1 Å². The van der Waals surface area contributed by atoms with Gasteiger partial charge in [-0.3, -0.25) is 9.59 Å². The van der Waals surface area contributed by atoms with Gasteiger partial charge in [0, 0.05) is 25.8 Å². The number of carbonyl (C=O) groups is 2. The number of hydrogen-bond acceptors (Lipinski definition) is 6. The average Bonchev–Trinajstić information content (AvgIpc) is 3.37. The van der Waals surface area contributed by atoms with E-state index in [1.54, 1.807) is 13.0 Å². The van der Waals surface area contributed by atoms with Crippen molar-refractivity contribution >= 4 is 11.9 Å². The predicted molar refractivity (Wildman–Crippen MR) is 135 cm³/mol. The Morgan fingerprint density at radius 1 is 1.11 bits per heavy atom. The smallest absolute Gasteiger partial charge is 0.303 e. The Bertz CT molecular complexity index is 850. The zero-order valence-electron chi connectivity index (χ0n) is 22.3. The summed E-state index contributed by atoms with van der Waals surface area (Å²) in [6.07, 6.45) is 13.3. The molecule has 3 fully saturated rings. The molecule has 1 spiro atoms. The second kappa shape index (κ2) is 11.8. The molecule has 7 heteroatoms. The van der Waals surface area contributed by atoms with E-state index in [0.29, 0.717) is 12.0 Å². The predicted octanol–water partition coefficient (Wildman–Crippen LogP) is 4.41. The summed E-state index contributed by atoms with van der Waals surface area (Å²) in [6, 6.07) is -0.0581. The van der Waals surface area contributed by atoms with Gasteiger partial charge in [-0.25, -0.2) is 0 Å². The summed E-state index contributed by atoms with van der Waals surface area (Å²) in [6.45, 7) is 13.6. The Morgan fingerprint density at radius 2 is 1.83 bits per heavy atom. The second-order valence-corrected chi connectivity index (χ2v) is 10.6. The van der Waals surface area contributed by atoms with Gasteiger partial charge in [-0.05, 0) is 59.5 Å². The molecule has 1 amide bonds. The van der Waals surface area contributed by atoms with Crippen LogP contribution in [0.4, 0.5) is 0 Å². The normalized spacial score (nSPS) is 38.6. The topological polar surface area (TPSA) is 86.4 Å². The van der Waals surface area contributed by atoms with Gasteiger partial charge >= 0.3 is 5.97 Å². The zero-order chi connectivity index (χ0) is 25.8. The van der Waals surface area contributed by atoms with Crippen LogP contribution in [0.15, 0.2) is 36.0 Å². The van der Waals surface area contributed by atoms with E-state index in [9.17, 15) is 9.59 Å². The van der Waals surface area contributed by atoms with E-state index < -0.39 is 6.10 Å². The molecule has 3 saturated heterocycles. The van der Waals surface area contributed by atoms with Crippen molar-refractivity contribution in [3.63, 3.8) is 0 Å². The maximum Gasteiger partial charge on any atom is 0.303 e. The molecular formula is C28H43NO6. The maximum atomic E-state index is 12.3. The molecular weight excluding hydrogens is 446 g/mol. The molecule has 3 aliphatic heterocycles. The lowest BCUT2D eigenvalue weighted by Crippen LogP contribution is -2.50. The number of nitrogens with one attached hydrogen (secondary N) is 1. The highest BCUT2D eigenvalue weighted by Crippen LogP contribution is 2.48. The van der Waals surface area contributed by atoms with E-state index in [0.717, 1.165) is 25.7 Å². The first-order chi connectivity index (χ1) is 16.5. The van der Waals surface area contributed by atoms with Crippen molar-refractivity contribution in [2.45, 2.75) is 122 Å². The molecule has 0 bridgehead atoms. The third kappa shape index (κ3) is 8.02. The van der Waals surface area contributed by atoms with Crippen LogP contribution < -0.4 is 5.32 Å². The third-order valence-corrected chi connectivity index (χ3v) is 7.34. The quantitative estimate of drug-likeness (QED) is 0.235. The van der Waals surface area contributed by atoms with Crippen molar-refractivity contribution in [1.82, 2.24) is 5.32 Å². The van der Waals surface area contributed by atoms with E-state index in [2.05, 4.69) is 51.2 Å². The number of epoxide rings is 1. The third-order valence-electron chi connectivity index (χ3n) is 7.34. The summed E-state index contributed by atoms with van der Waals surface area (Å²) in [5, 5.41) is 3.03. The van der Waals surface area contributed by atoms with Crippen LogP contribution in [0.2, 0.25) is 0 Å². The molecule has 9 unspecified atom stereocenters. The largest absolute Gasteiger partial charge is 0.459 e. The molecule has 0 radical (unpaired) electrons. The summed E-state index contributed by atoms with van der Waals surface area (Å²) in [5.41, 5.74) is 1.21. The summed E-state index contributed by atoms with van der Waals surface area (Å²) in [7, 11) is 0. The molecule has 0 aliphatic carbocycles. The van der Waals surface area contributed by atoms with Gasteiger partial charge in [0.2, 0.25) is 5.91 Å². The molecule has 3 heterocycles. The highest BCUT2D eigenvalue weighted by Gasteiger charge is 2.57. The Labute approximate surface area is 210 Å². The first-order valence-electron chi connectivity index (χ1n) is 13.0. The lowest BCUT2D eigenvalue weighted by atomic mass is 9.87. The summed E-state index contributed by atoms with van der Waals surface area (Å²) >= 11 is 0. The molecule has 7 nitrogen and oxygen atoms in total. The minimum Gasteiger partial charge on any atom is -0.459 e. The van der Waals surface area contributed by atoms with Crippen LogP contribution in [0.5, 0.6) is 0 Å². The Hall–Kier alpha value is -1.96. The zero-order valence-corrected chi connectivity index (χ0v) is 22.3. The van der Waals surface area contributed by atoms with Gasteiger partial charge in [0.1, 0.15) is 6.10 Å². The molecule has 3 rings (SSSR count). The van der Waals surface area contributed by atoms with Gasteiger partial charge < -0.3 is 24.3 Å². The number of rotatable bonds is 8. The van der Waals surface area contributed by atoms with E-state index in [1.165, 1.54) is 18.6 Å². The Balaban J connectivity index is 1.45. The maximum absolute atomic E-state index is 12.3. The van der Waals surface area contributed by atoms with E-state index in [1.807, 2.05) is 6.92 Å². The first kappa shape index (κ1) is 27.6. The van der Waals surface area contributed by atoms with Crippen molar-refractivity contribution in [2.24, 2.45) is 5.92 Å². The molecule has 9 atom stereocenters. The molecule has 3 aliphatic rings. The highest BCUT2D eigenvalue weighted by atomic mass is 16.6. The highest BCUT2D eigenvalue weighted by molar-refractivity contribution is 5.87. The van der Waals surface area contributed by atoms with E-state index >= 15 is 0 Å². The van der Waals surface area contributed by atoms with E-state index in [-0.39, 0.29) is 47.9 Å². The fourth-order valence-corrected chi connectivity index (χ4v) is 5.26. The Kier molecular flexibility index (Phi) is 9.35. The number of amides is 1. The number of carbonyl (C=O) groups excluding carboxylic acids is 2. The SMILES string of the molecule is CC(=O)OC(C)/C=C\C(=O)NC1CC(C)C(C/C=C(C)/C=C/C2CC3(CC(C)O2)OC3C)OC1C. The van der Waals surface area contributed by atoms with Crippen LogP contribution in [0.3, 0.4) is 0 Å². The molecule has 0 aromatic rings. The minimum atomic E-state index is -0.439. The van der Waals surface area contributed by atoms with Crippen molar-refractivity contribution in [3.8, 4) is 0 Å². The van der Waals surface area contributed by atoms with Gasteiger partial charge in [-0.1, -0.05) is 30.7 Å². The summed E-state index contributed by atoms with van der Waals surface area (Å²) < 4.78 is 23.3. The van der Waals surface area contributed by atoms with Crippen LogP contribution in [-0.2, 0) is 28.5 Å². The molecule has 35 heavy (non-hydrogen) atoms. The minimum absolute atomic E-state index is 0.0220. The lowest BCUT2D eigenvalue weighted by molar-refractivity contribution is -0.143. The number of allylic oxidation sites excluding steroid dienone is 2. The standard InChI is InChI=1S/C28H43NO6/c1-17(8-11-24-16-28(22(6)35-28)15-20(4)33-24)9-12-26-18(2)14-25(21(5)34-26)29-27(31)13-10-19(3)32-23(7)30/h8-11,13,18-22,24-26H,12,14-16H2,1-7H3,(H,29,31)/b11-8+,13-10-,17-9+. The average molecular weight is 490 g/mol. The fraction of sp³-hybridized carbons (Fsp3) is 0.714. The van der Waals surface area contributed by atoms with Gasteiger partial charge in [0.15, 0.2) is 0 Å². The van der Waals surface area contributed by atoms with Gasteiger partial charge in [0.05, 0.1) is 42.2 Å². The second-order valence-electron chi connectivity index (χ2n) is 10.6.